The van der Waals surface area contributed by atoms with E-state index in [9.17, 15) is 0 Å². The van der Waals surface area contributed by atoms with E-state index in [0.29, 0.717) is 0 Å². The molecule has 0 unspecified atom stereocenters. The zero-order valence-corrected chi connectivity index (χ0v) is 8.89. The molecule has 12 heavy (non-hydrogen) atoms. The quantitative estimate of drug-likeness (QED) is 0.744. The number of aryl methyl sites for hydroxylation is 1. The molecule has 0 spiro atoms. The standard InChI is InChI=1S/C9H12BrNO/c1-3-6-12-8-5-4-7(2)11-9(8)10/h4-5H,3,6H2,1-2H3. The summed E-state index contributed by atoms with van der Waals surface area (Å²) in [4.78, 5) is 4.22. The average molecular weight is 230 g/mol. The second kappa shape index (κ2) is 4.45. The Kier molecular flexibility index (Phi) is 3.53. The molecule has 0 radical (unpaired) electrons. The lowest BCUT2D eigenvalue weighted by Crippen LogP contribution is -1.97. The summed E-state index contributed by atoms with van der Waals surface area (Å²) in [5.74, 6) is 0.822. The Morgan fingerprint density at radius 2 is 2.25 bits per heavy atom. The topological polar surface area (TPSA) is 22.1 Å². The highest BCUT2D eigenvalue weighted by molar-refractivity contribution is 9.10. The molecule has 2 nitrogen and oxygen atoms in total. The van der Waals surface area contributed by atoms with E-state index in [-0.39, 0.29) is 0 Å². The zero-order chi connectivity index (χ0) is 8.97. The van der Waals surface area contributed by atoms with Crippen molar-refractivity contribution in [3.63, 3.8) is 0 Å². The van der Waals surface area contributed by atoms with Crippen molar-refractivity contribution in [2.45, 2.75) is 20.3 Å². The van der Waals surface area contributed by atoms with Crippen LogP contribution in [0.2, 0.25) is 0 Å². The van der Waals surface area contributed by atoms with Crippen LogP contribution in [0.4, 0.5) is 0 Å². The van der Waals surface area contributed by atoms with Gasteiger partial charge in [-0.25, -0.2) is 4.98 Å². The fourth-order valence-corrected chi connectivity index (χ4v) is 1.36. The van der Waals surface area contributed by atoms with Crippen molar-refractivity contribution in [3.8, 4) is 5.75 Å². The number of hydrogen-bond acceptors (Lipinski definition) is 2. The van der Waals surface area contributed by atoms with Gasteiger partial charge in [-0.2, -0.15) is 0 Å². The summed E-state index contributed by atoms with van der Waals surface area (Å²) in [5.41, 5.74) is 0.991. The minimum Gasteiger partial charge on any atom is -0.491 e. The summed E-state index contributed by atoms with van der Waals surface area (Å²) in [6, 6.07) is 3.87. The Morgan fingerprint density at radius 1 is 1.50 bits per heavy atom. The van der Waals surface area contributed by atoms with Gasteiger partial charge < -0.3 is 4.74 Å². The van der Waals surface area contributed by atoms with Gasteiger partial charge in [0.05, 0.1) is 6.61 Å². The molecule has 0 bridgehead atoms. The van der Waals surface area contributed by atoms with Crippen LogP contribution in [0.1, 0.15) is 19.0 Å². The van der Waals surface area contributed by atoms with E-state index in [1.165, 1.54) is 0 Å². The van der Waals surface area contributed by atoms with Crippen molar-refractivity contribution in [2.24, 2.45) is 0 Å². The van der Waals surface area contributed by atoms with Crippen molar-refractivity contribution in [3.05, 3.63) is 22.4 Å². The number of ether oxygens (including phenoxy) is 1. The number of aromatic nitrogens is 1. The van der Waals surface area contributed by atoms with Crippen molar-refractivity contribution in [1.29, 1.82) is 0 Å². The van der Waals surface area contributed by atoms with Crippen LogP contribution in [-0.4, -0.2) is 11.6 Å². The Labute approximate surface area is 81.1 Å². The first-order valence-electron chi connectivity index (χ1n) is 4.00. The Morgan fingerprint density at radius 3 is 2.83 bits per heavy atom. The molecule has 0 saturated heterocycles. The first-order chi connectivity index (χ1) is 5.74. The fourth-order valence-electron chi connectivity index (χ4n) is 0.832. The van der Waals surface area contributed by atoms with Gasteiger partial charge in [-0.15, -0.1) is 0 Å². The summed E-state index contributed by atoms with van der Waals surface area (Å²) in [5, 5.41) is 0. The fraction of sp³-hybridized carbons (Fsp3) is 0.444. The predicted octanol–water partition coefficient (Wildman–Crippen LogP) is 2.94. The molecule has 0 N–H and O–H groups in total. The van der Waals surface area contributed by atoms with Crippen LogP contribution in [0, 0.1) is 6.92 Å². The van der Waals surface area contributed by atoms with Gasteiger partial charge in [-0.3, -0.25) is 0 Å². The van der Waals surface area contributed by atoms with Crippen LogP contribution in [0.15, 0.2) is 16.7 Å². The van der Waals surface area contributed by atoms with Gasteiger partial charge in [0.2, 0.25) is 0 Å². The molecule has 0 amide bonds. The second-order valence-electron chi connectivity index (χ2n) is 2.59. The van der Waals surface area contributed by atoms with Gasteiger partial charge in [0.1, 0.15) is 4.60 Å². The van der Waals surface area contributed by atoms with Gasteiger partial charge >= 0.3 is 0 Å². The lowest BCUT2D eigenvalue weighted by atomic mass is 10.4. The zero-order valence-electron chi connectivity index (χ0n) is 7.30. The molecule has 0 aliphatic rings. The maximum Gasteiger partial charge on any atom is 0.152 e. The smallest absolute Gasteiger partial charge is 0.152 e. The van der Waals surface area contributed by atoms with Crippen molar-refractivity contribution in [2.75, 3.05) is 6.61 Å². The van der Waals surface area contributed by atoms with Gasteiger partial charge in [0.25, 0.3) is 0 Å². The van der Waals surface area contributed by atoms with Gasteiger partial charge in [0, 0.05) is 5.69 Å². The molecule has 1 heterocycles. The average Bonchev–Trinajstić information content (AvgIpc) is 2.03. The van der Waals surface area contributed by atoms with Crippen LogP contribution in [0.5, 0.6) is 5.75 Å². The molecule has 0 aromatic carbocycles. The van der Waals surface area contributed by atoms with Crippen LogP contribution >= 0.6 is 15.9 Å². The molecule has 3 heteroatoms. The van der Waals surface area contributed by atoms with E-state index < -0.39 is 0 Å². The predicted molar refractivity (Wildman–Crippen MR) is 52.5 cm³/mol. The maximum absolute atomic E-state index is 5.43. The summed E-state index contributed by atoms with van der Waals surface area (Å²) in [7, 11) is 0. The first-order valence-corrected chi connectivity index (χ1v) is 4.79. The number of pyridine rings is 1. The molecule has 0 saturated carbocycles. The molecule has 0 fully saturated rings. The van der Waals surface area contributed by atoms with Gasteiger partial charge in [0.15, 0.2) is 5.75 Å². The highest BCUT2D eigenvalue weighted by atomic mass is 79.9. The number of hydrogen-bond donors (Lipinski definition) is 0. The Bertz CT molecular complexity index is 263. The maximum atomic E-state index is 5.43. The van der Waals surface area contributed by atoms with Gasteiger partial charge in [-0.05, 0) is 41.4 Å². The van der Waals surface area contributed by atoms with Gasteiger partial charge in [-0.1, -0.05) is 6.92 Å². The van der Waals surface area contributed by atoms with Crippen LogP contribution in [0.25, 0.3) is 0 Å². The van der Waals surface area contributed by atoms with E-state index in [1.807, 2.05) is 19.1 Å². The number of nitrogens with zero attached hydrogens (tertiary/aromatic N) is 1. The Balaban J connectivity index is 2.72. The molecule has 0 atom stereocenters. The molecule has 1 aromatic rings. The minimum absolute atomic E-state index is 0.739. The lowest BCUT2D eigenvalue weighted by Gasteiger charge is -2.05. The molecule has 0 aliphatic heterocycles. The first kappa shape index (κ1) is 9.52. The highest BCUT2D eigenvalue weighted by Gasteiger charge is 2.00. The van der Waals surface area contributed by atoms with E-state index >= 15 is 0 Å². The summed E-state index contributed by atoms with van der Waals surface area (Å²) >= 11 is 3.34. The van der Waals surface area contributed by atoms with E-state index in [0.717, 1.165) is 29.1 Å². The Hall–Kier alpha value is -0.570. The molecule has 1 aromatic heterocycles. The van der Waals surface area contributed by atoms with E-state index in [4.69, 9.17) is 4.74 Å². The summed E-state index contributed by atoms with van der Waals surface area (Å²) in [6.07, 6.45) is 1.01. The number of rotatable bonds is 3. The molecule has 1 rings (SSSR count). The molecular formula is C9H12BrNO. The molecular weight excluding hydrogens is 218 g/mol. The van der Waals surface area contributed by atoms with Crippen molar-refractivity contribution in [1.82, 2.24) is 4.98 Å². The largest absolute Gasteiger partial charge is 0.491 e. The second-order valence-corrected chi connectivity index (χ2v) is 3.34. The highest BCUT2D eigenvalue weighted by Crippen LogP contribution is 2.22. The van der Waals surface area contributed by atoms with Crippen LogP contribution in [-0.2, 0) is 0 Å². The molecule has 66 valence electrons. The van der Waals surface area contributed by atoms with Crippen molar-refractivity contribution < 1.29 is 4.74 Å². The minimum atomic E-state index is 0.739. The monoisotopic (exact) mass is 229 g/mol. The van der Waals surface area contributed by atoms with Crippen molar-refractivity contribution >= 4 is 15.9 Å². The summed E-state index contributed by atoms with van der Waals surface area (Å²) in [6.45, 7) is 4.77. The number of halogens is 1. The normalized spacial score (nSPS) is 9.92. The van der Waals surface area contributed by atoms with Crippen LogP contribution < -0.4 is 4.74 Å². The van der Waals surface area contributed by atoms with E-state index in [1.54, 1.807) is 0 Å². The third-order valence-corrected chi connectivity index (χ3v) is 1.98. The summed E-state index contributed by atoms with van der Waals surface area (Å²) < 4.78 is 6.22. The lowest BCUT2D eigenvalue weighted by molar-refractivity contribution is 0.314. The molecule has 0 aliphatic carbocycles. The SMILES string of the molecule is CCCOc1ccc(C)nc1Br. The van der Waals surface area contributed by atoms with E-state index in [2.05, 4.69) is 27.8 Å². The third-order valence-electron chi connectivity index (χ3n) is 1.42. The van der Waals surface area contributed by atoms with Crippen LogP contribution in [0.3, 0.4) is 0 Å². The third kappa shape index (κ3) is 2.48.